The van der Waals surface area contributed by atoms with Crippen molar-refractivity contribution < 1.29 is 14.3 Å². The first-order valence-corrected chi connectivity index (χ1v) is 5.98. The van der Waals surface area contributed by atoms with Crippen LogP contribution in [0.4, 0.5) is 0 Å². The van der Waals surface area contributed by atoms with E-state index in [0.717, 1.165) is 0 Å². The highest BCUT2D eigenvalue weighted by Crippen LogP contribution is 2.40. The number of carbonyl (C=O) groups excluding carboxylic acids is 1. The molecule has 0 fully saturated rings. The van der Waals surface area contributed by atoms with Crippen molar-refractivity contribution in [2.75, 3.05) is 0 Å². The van der Waals surface area contributed by atoms with Gasteiger partial charge >= 0.3 is 5.76 Å². The van der Waals surface area contributed by atoms with Gasteiger partial charge in [-0.15, -0.1) is 0 Å². The van der Waals surface area contributed by atoms with E-state index in [0.29, 0.717) is 22.2 Å². The number of ketones is 1. The van der Waals surface area contributed by atoms with Crippen LogP contribution in [0.25, 0.3) is 22.2 Å². The minimum Gasteiger partial charge on any atom is -0.507 e. The van der Waals surface area contributed by atoms with Gasteiger partial charge in [0.1, 0.15) is 11.3 Å². The van der Waals surface area contributed by atoms with Crippen molar-refractivity contribution in [1.29, 1.82) is 0 Å². The maximum absolute atomic E-state index is 12.5. The van der Waals surface area contributed by atoms with Crippen molar-refractivity contribution in [2.24, 2.45) is 0 Å². The first-order valence-electron chi connectivity index (χ1n) is 5.98. The van der Waals surface area contributed by atoms with E-state index in [2.05, 4.69) is 4.98 Å². The van der Waals surface area contributed by atoms with Crippen LogP contribution in [-0.4, -0.2) is 15.9 Å². The average molecular weight is 265 g/mol. The fraction of sp³-hybridized carbons (Fsp3) is 0. The average Bonchev–Trinajstić information content (AvgIpc) is 2.45. The van der Waals surface area contributed by atoms with Crippen LogP contribution in [-0.2, 0) is 0 Å². The van der Waals surface area contributed by atoms with Crippen molar-refractivity contribution in [3.05, 3.63) is 58.1 Å². The van der Waals surface area contributed by atoms with Crippen LogP contribution < -0.4 is 5.76 Å². The van der Waals surface area contributed by atoms with Crippen molar-refractivity contribution in [3.8, 4) is 17.0 Å². The van der Waals surface area contributed by atoms with Gasteiger partial charge in [0.25, 0.3) is 0 Å². The highest BCUT2D eigenvalue weighted by molar-refractivity contribution is 6.25. The zero-order valence-electron chi connectivity index (χ0n) is 10.1. The van der Waals surface area contributed by atoms with Crippen LogP contribution in [0, 0.1) is 0 Å². The third-order valence-corrected chi connectivity index (χ3v) is 3.44. The Morgan fingerprint density at radius 3 is 2.55 bits per heavy atom. The van der Waals surface area contributed by atoms with Crippen molar-refractivity contribution in [2.45, 2.75) is 0 Å². The van der Waals surface area contributed by atoms with E-state index in [1.807, 2.05) is 0 Å². The number of phenolic OH excluding ortho intramolecular Hbond substituents is 1. The molecule has 0 saturated carbocycles. The Balaban J connectivity index is 2.33. The summed E-state index contributed by atoms with van der Waals surface area (Å²) >= 11 is 0. The standard InChI is InChI=1S/C15H7NO4/c17-9-5-6-10-12-11(9)14(18)8-4-2-1-3-7(8)13(12)16-15(19)20-10/h1-6,17H. The number of hydrogen-bond donors (Lipinski definition) is 1. The van der Waals surface area contributed by atoms with E-state index in [4.69, 9.17) is 4.42 Å². The molecule has 5 nitrogen and oxygen atoms in total. The molecule has 2 aromatic carbocycles. The first-order chi connectivity index (χ1) is 9.66. The van der Waals surface area contributed by atoms with Crippen LogP contribution in [0.5, 0.6) is 5.75 Å². The van der Waals surface area contributed by atoms with E-state index in [-0.39, 0.29) is 22.7 Å². The molecular formula is C15H7NO4. The van der Waals surface area contributed by atoms with E-state index in [1.165, 1.54) is 12.1 Å². The molecule has 1 heterocycles. The topological polar surface area (TPSA) is 80.4 Å². The molecule has 1 aromatic heterocycles. The van der Waals surface area contributed by atoms with Crippen molar-refractivity contribution >= 4 is 16.8 Å². The smallest absolute Gasteiger partial charge is 0.439 e. The van der Waals surface area contributed by atoms with Gasteiger partial charge in [-0.3, -0.25) is 4.79 Å². The summed E-state index contributed by atoms with van der Waals surface area (Å²) in [4.78, 5) is 27.9. The van der Waals surface area contributed by atoms with Gasteiger partial charge in [-0.05, 0) is 12.1 Å². The third-order valence-electron chi connectivity index (χ3n) is 3.44. The molecule has 1 N–H and O–H groups in total. The Morgan fingerprint density at radius 2 is 1.75 bits per heavy atom. The maximum Gasteiger partial charge on any atom is 0.439 e. The summed E-state index contributed by atoms with van der Waals surface area (Å²) in [5.74, 6) is -1.17. The number of aromatic nitrogens is 1. The molecule has 4 rings (SSSR count). The molecule has 0 amide bonds. The monoisotopic (exact) mass is 265 g/mol. The van der Waals surface area contributed by atoms with Gasteiger partial charge in [0.05, 0.1) is 16.6 Å². The van der Waals surface area contributed by atoms with Gasteiger partial charge in [0.15, 0.2) is 5.78 Å². The lowest BCUT2D eigenvalue weighted by Crippen LogP contribution is -2.15. The van der Waals surface area contributed by atoms with Gasteiger partial charge in [-0.2, -0.15) is 4.98 Å². The molecule has 0 unspecified atom stereocenters. The highest BCUT2D eigenvalue weighted by atomic mass is 16.4. The second-order valence-corrected chi connectivity index (χ2v) is 4.54. The van der Waals surface area contributed by atoms with Gasteiger partial charge in [0, 0.05) is 11.1 Å². The number of rotatable bonds is 0. The minimum absolute atomic E-state index is 0.132. The Labute approximate surface area is 112 Å². The molecule has 0 spiro atoms. The lowest BCUT2D eigenvalue weighted by Gasteiger charge is -2.18. The molecule has 5 heteroatoms. The Morgan fingerprint density at radius 1 is 1.00 bits per heavy atom. The maximum atomic E-state index is 12.5. The molecule has 1 aliphatic rings. The summed E-state index contributed by atoms with van der Waals surface area (Å²) in [6.07, 6.45) is 0. The Bertz CT molecular complexity index is 956. The van der Waals surface area contributed by atoms with Gasteiger partial charge in [-0.1, -0.05) is 24.3 Å². The lowest BCUT2D eigenvalue weighted by molar-refractivity contribution is 0.103. The number of benzene rings is 2. The van der Waals surface area contributed by atoms with E-state index in [9.17, 15) is 14.7 Å². The van der Waals surface area contributed by atoms with Crippen LogP contribution in [0.2, 0.25) is 0 Å². The van der Waals surface area contributed by atoms with E-state index in [1.54, 1.807) is 24.3 Å². The molecule has 3 aromatic rings. The van der Waals surface area contributed by atoms with Crippen LogP contribution in [0.1, 0.15) is 15.9 Å². The first kappa shape index (κ1) is 10.9. The number of phenols is 1. The fourth-order valence-corrected chi connectivity index (χ4v) is 2.60. The van der Waals surface area contributed by atoms with Crippen molar-refractivity contribution in [3.63, 3.8) is 0 Å². The summed E-state index contributed by atoms with van der Waals surface area (Å²) in [6.45, 7) is 0. The van der Waals surface area contributed by atoms with Crippen LogP contribution in [0.3, 0.4) is 0 Å². The normalized spacial score (nSPS) is 12.5. The molecule has 1 aliphatic carbocycles. The number of aromatic hydroxyl groups is 1. The second-order valence-electron chi connectivity index (χ2n) is 4.54. The van der Waals surface area contributed by atoms with Crippen LogP contribution >= 0.6 is 0 Å². The van der Waals surface area contributed by atoms with Gasteiger partial charge in [0.2, 0.25) is 0 Å². The van der Waals surface area contributed by atoms with Crippen molar-refractivity contribution in [1.82, 2.24) is 4.98 Å². The minimum atomic E-state index is -0.728. The molecular weight excluding hydrogens is 258 g/mol. The summed E-state index contributed by atoms with van der Waals surface area (Å²) < 4.78 is 5.01. The van der Waals surface area contributed by atoms with Crippen LogP contribution in [0.15, 0.2) is 45.6 Å². The predicted octanol–water partition coefficient (Wildman–Crippen LogP) is 2.11. The summed E-state index contributed by atoms with van der Waals surface area (Å²) in [7, 11) is 0. The summed E-state index contributed by atoms with van der Waals surface area (Å²) in [5, 5.41) is 10.3. The predicted molar refractivity (Wildman–Crippen MR) is 70.8 cm³/mol. The molecule has 96 valence electrons. The molecule has 0 saturated heterocycles. The molecule has 0 aliphatic heterocycles. The van der Waals surface area contributed by atoms with E-state index >= 15 is 0 Å². The largest absolute Gasteiger partial charge is 0.507 e. The number of fused-ring (bicyclic) bond motifs is 2. The number of hydrogen-bond acceptors (Lipinski definition) is 5. The second kappa shape index (κ2) is 3.54. The third kappa shape index (κ3) is 1.23. The summed E-state index contributed by atoms with van der Waals surface area (Å²) in [6, 6.07) is 9.67. The summed E-state index contributed by atoms with van der Waals surface area (Å²) in [5.41, 5.74) is 1.75. The Kier molecular flexibility index (Phi) is 1.93. The number of nitrogens with zero attached hydrogens (tertiary/aromatic N) is 1. The molecule has 20 heavy (non-hydrogen) atoms. The number of carbonyl (C=O) groups is 1. The highest BCUT2D eigenvalue weighted by Gasteiger charge is 2.29. The fourth-order valence-electron chi connectivity index (χ4n) is 2.60. The zero-order chi connectivity index (χ0) is 13.9. The molecule has 0 atom stereocenters. The van der Waals surface area contributed by atoms with Gasteiger partial charge in [-0.25, -0.2) is 4.79 Å². The quantitative estimate of drug-likeness (QED) is 0.526. The Hall–Kier alpha value is -2.95. The lowest BCUT2D eigenvalue weighted by atomic mass is 9.86. The van der Waals surface area contributed by atoms with Gasteiger partial charge < -0.3 is 9.52 Å². The SMILES string of the molecule is O=C1c2ccccc2-c2nc(=O)oc3ccc(O)c1c23. The van der Waals surface area contributed by atoms with E-state index < -0.39 is 5.76 Å². The molecule has 0 radical (unpaired) electrons. The molecule has 0 bridgehead atoms. The zero-order valence-corrected chi connectivity index (χ0v) is 10.1.